The van der Waals surface area contributed by atoms with Crippen LogP contribution in [0.25, 0.3) is 0 Å². The third-order valence-corrected chi connectivity index (χ3v) is 1.99. The number of methoxy groups -OCH3 is 1. The highest BCUT2D eigenvalue weighted by molar-refractivity contribution is 8.02. The van der Waals surface area contributed by atoms with Crippen LogP contribution in [0.3, 0.4) is 0 Å². The predicted octanol–water partition coefficient (Wildman–Crippen LogP) is 1.14. The highest BCUT2D eigenvalue weighted by Crippen LogP contribution is 2.05. The molecule has 0 rings (SSSR count). The van der Waals surface area contributed by atoms with E-state index in [0.717, 1.165) is 12.2 Å². The zero-order chi connectivity index (χ0) is 9.40. The molecule has 0 aromatic carbocycles. The van der Waals surface area contributed by atoms with E-state index in [2.05, 4.69) is 4.74 Å². The van der Waals surface area contributed by atoms with Gasteiger partial charge in [-0.05, 0) is 24.5 Å². The molecule has 0 saturated heterocycles. The van der Waals surface area contributed by atoms with E-state index < -0.39 is 0 Å². The maximum Gasteiger partial charge on any atom is 0.330 e. The summed E-state index contributed by atoms with van der Waals surface area (Å²) in [5.74, 6) is 0.619. The second-order valence-corrected chi connectivity index (χ2v) is 3.48. The molecule has 0 aromatic heterocycles. The summed E-state index contributed by atoms with van der Waals surface area (Å²) in [6, 6.07) is 0.226. The molecule has 12 heavy (non-hydrogen) atoms. The van der Waals surface area contributed by atoms with Crippen LogP contribution in [-0.4, -0.2) is 24.9 Å². The number of hydrogen-bond donors (Lipinski definition) is 1. The molecule has 0 aliphatic carbocycles. The van der Waals surface area contributed by atoms with Gasteiger partial charge in [-0.1, -0.05) is 0 Å². The van der Waals surface area contributed by atoms with Crippen LogP contribution in [0.1, 0.15) is 13.3 Å². The normalized spacial score (nSPS) is 13.2. The quantitative estimate of drug-likeness (QED) is 0.400. The van der Waals surface area contributed by atoms with E-state index in [1.807, 2.05) is 6.92 Å². The van der Waals surface area contributed by atoms with Crippen LogP contribution in [0.4, 0.5) is 0 Å². The molecule has 1 unspecified atom stereocenters. The number of carbonyl (C=O) groups is 1. The first-order valence-electron chi connectivity index (χ1n) is 3.78. The molecule has 0 bridgehead atoms. The SMILES string of the molecule is COC(=O)C=CSCCC(C)N. The topological polar surface area (TPSA) is 52.3 Å². The molecule has 0 aromatic rings. The van der Waals surface area contributed by atoms with Gasteiger partial charge in [0.2, 0.25) is 0 Å². The van der Waals surface area contributed by atoms with E-state index >= 15 is 0 Å². The number of nitrogens with two attached hydrogens (primary N) is 1. The van der Waals surface area contributed by atoms with Crippen LogP contribution in [0.5, 0.6) is 0 Å². The summed E-state index contributed by atoms with van der Waals surface area (Å²) in [6.07, 6.45) is 2.36. The summed E-state index contributed by atoms with van der Waals surface area (Å²) in [5.41, 5.74) is 5.53. The Bertz CT molecular complexity index is 157. The Morgan fingerprint density at radius 3 is 2.92 bits per heavy atom. The summed E-state index contributed by atoms with van der Waals surface area (Å²) in [7, 11) is 1.36. The highest BCUT2D eigenvalue weighted by Gasteiger charge is 1.93. The number of thioether (sulfide) groups is 1. The minimum absolute atomic E-state index is 0.226. The van der Waals surface area contributed by atoms with Gasteiger partial charge in [-0.3, -0.25) is 0 Å². The molecule has 70 valence electrons. The van der Waals surface area contributed by atoms with E-state index in [1.54, 1.807) is 17.2 Å². The van der Waals surface area contributed by atoms with Gasteiger partial charge in [0.25, 0.3) is 0 Å². The number of esters is 1. The van der Waals surface area contributed by atoms with Crippen LogP contribution in [-0.2, 0) is 9.53 Å². The van der Waals surface area contributed by atoms with Gasteiger partial charge < -0.3 is 10.5 Å². The molecular formula is C8H15NO2S. The molecule has 0 saturated carbocycles. The third kappa shape index (κ3) is 7.63. The molecule has 0 heterocycles. The number of rotatable bonds is 5. The first-order valence-corrected chi connectivity index (χ1v) is 4.83. The van der Waals surface area contributed by atoms with E-state index in [-0.39, 0.29) is 12.0 Å². The summed E-state index contributed by atoms with van der Waals surface area (Å²) >= 11 is 1.56. The molecule has 0 spiro atoms. The molecule has 3 nitrogen and oxygen atoms in total. The van der Waals surface area contributed by atoms with Gasteiger partial charge in [0.1, 0.15) is 0 Å². The molecule has 0 amide bonds. The van der Waals surface area contributed by atoms with Gasteiger partial charge in [0.15, 0.2) is 0 Å². The fraction of sp³-hybridized carbons (Fsp3) is 0.625. The Balaban J connectivity index is 3.30. The average molecular weight is 189 g/mol. The second-order valence-electron chi connectivity index (χ2n) is 2.46. The van der Waals surface area contributed by atoms with E-state index in [1.165, 1.54) is 13.2 Å². The largest absolute Gasteiger partial charge is 0.466 e. The molecule has 2 N–H and O–H groups in total. The van der Waals surface area contributed by atoms with E-state index in [4.69, 9.17) is 5.73 Å². The van der Waals surface area contributed by atoms with Crippen molar-refractivity contribution in [2.24, 2.45) is 5.73 Å². The van der Waals surface area contributed by atoms with Crippen LogP contribution in [0.15, 0.2) is 11.5 Å². The lowest BCUT2D eigenvalue weighted by atomic mass is 10.3. The summed E-state index contributed by atoms with van der Waals surface area (Å²) < 4.78 is 4.41. The van der Waals surface area contributed by atoms with Crippen molar-refractivity contribution in [2.75, 3.05) is 12.9 Å². The molecule has 4 heteroatoms. The van der Waals surface area contributed by atoms with Crippen molar-refractivity contribution < 1.29 is 9.53 Å². The molecule has 1 atom stereocenters. The molecule has 0 aliphatic rings. The van der Waals surface area contributed by atoms with Gasteiger partial charge in [0.05, 0.1) is 7.11 Å². The van der Waals surface area contributed by atoms with Gasteiger partial charge in [-0.15, -0.1) is 11.8 Å². The van der Waals surface area contributed by atoms with Crippen LogP contribution < -0.4 is 5.73 Å². The van der Waals surface area contributed by atoms with Crippen molar-refractivity contribution in [1.29, 1.82) is 0 Å². The van der Waals surface area contributed by atoms with Crippen molar-refractivity contribution in [1.82, 2.24) is 0 Å². The van der Waals surface area contributed by atoms with E-state index in [0.29, 0.717) is 0 Å². The lowest BCUT2D eigenvalue weighted by Gasteiger charge is -2.00. The van der Waals surface area contributed by atoms with Crippen molar-refractivity contribution in [3.8, 4) is 0 Å². The second kappa shape index (κ2) is 7.18. The van der Waals surface area contributed by atoms with Crippen molar-refractivity contribution in [2.45, 2.75) is 19.4 Å². The zero-order valence-electron chi connectivity index (χ0n) is 7.45. The summed E-state index contributed by atoms with van der Waals surface area (Å²) in [5, 5.41) is 1.73. The lowest BCUT2D eigenvalue weighted by Crippen LogP contribution is -2.14. The summed E-state index contributed by atoms with van der Waals surface area (Å²) in [6.45, 7) is 1.96. The van der Waals surface area contributed by atoms with Gasteiger partial charge >= 0.3 is 5.97 Å². The maximum absolute atomic E-state index is 10.6. The van der Waals surface area contributed by atoms with Crippen molar-refractivity contribution in [3.05, 3.63) is 11.5 Å². The number of hydrogen-bond acceptors (Lipinski definition) is 4. The fourth-order valence-electron chi connectivity index (χ4n) is 0.494. The van der Waals surface area contributed by atoms with E-state index in [9.17, 15) is 4.79 Å². The van der Waals surface area contributed by atoms with Gasteiger partial charge in [0, 0.05) is 12.1 Å². The Morgan fingerprint density at radius 1 is 1.75 bits per heavy atom. The van der Waals surface area contributed by atoms with Crippen molar-refractivity contribution >= 4 is 17.7 Å². The van der Waals surface area contributed by atoms with Crippen molar-refractivity contribution in [3.63, 3.8) is 0 Å². The molecule has 0 aliphatic heterocycles. The third-order valence-electron chi connectivity index (χ3n) is 1.19. The molecule has 0 fully saturated rings. The van der Waals surface area contributed by atoms with Crippen LogP contribution in [0, 0.1) is 0 Å². The lowest BCUT2D eigenvalue weighted by molar-refractivity contribution is -0.134. The first kappa shape index (κ1) is 11.5. The van der Waals surface area contributed by atoms with Gasteiger partial charge in [-0.2, -0.15) is 0 Å². The Labute approximate surface area is 77.3 Å². The van der Waals surface area contributed by atoms with Gasteiger partial charge in [-0.25, -0.2) is 4.79 Å². The first-order chi connectivity index (χ1) is 5.66. The predicted molar refractivity (Wildman–Crippen MR) is 51.9 cm³/mol. The average Bonchev–Trinajstić information content (AvgIpc) is 2.03. The minimum atomic E-state index is -0.316. The summed E-state index contributed by atoms with van der Waals surface area (Å²) in [4.78, 5) is 10.6. The monoisotopic (exact) mass is 189 g/mol. The molecular weight excluding hydrogens is 174 g/mol. The standard InChI is InChI=1S/C8H15NO2S/c1-7(9)3-5-12-6-4-8(10)11-2/h4,6-7H,3,5,9H2,1-2H3. The Hall–Kier alpha value is -0.480. The maximum atomic E-state index is 10.6. The Kier molecular flexibility index (Phi) is 6.90. The fourth-order valence-corrected chi connectivity index (χ4v) is 1.34. The zero-order valence-corrected chi connectivity index (χ0v) is 8.26. The molecule has 0 radical (unpaired) electrons. The number of carbonyl (C=O) groups excluding carboxylic acids is 1. The highest BCUT2D eigenvalue weighted by atomic mass is 32.2. The number of ether oxygens (including phenoxy) is 1. The smallest absolute Gasteiger partial charge is 0.330 e. The Morgan fingerprint density at radius 2 is 2.42 bits per heavy atom. The minimum Gasteiger partial charge on any atom is -0.466 e. The van der Waals surface area contributed by atoms with Crippen LogP contribution in [0.2, 0.25) is 0 Å². The van der Waals surface area contributed by atoms with Crippen LogP contribution >= 0.6 is 11.8 Å².